The zero-order valence-corrected chi connectivity index (χ0v) is 8.62. The first-order chi connectivity index (χ1) is 6.70. The molecule has 1 atom stereocenters. The van der Waals surface area contributed by atoms with Crippen LogP contribution in [0.4, 0.5) is 0 Å². The number of furan rings is 1. The summed E-state index contributed by atoms with van der Waals surface area (Å²) in [5.41, 5.74) is 0.933. The molecular weight excluding hydrogens is 180 g/mol. The van der Waals surface area contributed by atoms with E-state index in [-0.39, 0.29) is 11.5 Å². The van der Waals surface area contributed by atoms with E-state index in [4.69, 9.17) is 9.15 Å². The normalized spacial score (nSPS) is 20.8. The molecule has 1 saturated carbocycles. The second kappa shape index (κ2) is 3.41. The zero-order valence-electron chi connectivity index (χ0n) is 8.62. The molecule has 14 heavy (non-hydrogen) atoms. The Morgan fingerprint density at radius 3 is 2.86 bits per heavy atom. The van der Waals surface area contributed by atoms with Crippen LogP contribution in [0.3, 0.4) is 0 Å². The maximum absolute atomic E-state index is 9.71. The lowest BCUT2D eigenvalue weighted by Gasteiger charge is -2.17. The van der Waals surface area contributed by atoms with Crippen molar-refractivity contribution in [3.05, 3.63) is 23.7 Å². The standard InChI is InChI=1S/C11H16O3/c1-8(12)11(4-5-11)10-9(7-13-2)3-6-14-10/h3,6,8,12H,4-5,7H2,1-2H3. The van der Waals surface area contributed by atoms with Crippen molar-refractivity contribution in [1.29, 1.82) is 0 Å². The summed E-state index contributed by atoms with van der Waals surface area (Å²) in [4.78, 5) is 0. The van der Waals surface area contributed by atoms with Crippen LogP contribution in [0.5, 0.6) is 0 Å². The molecule has 1 unspecified atom stereocenters. The molecule has 1 N–H and O–H groups in total. The van der Waals surface area contributed by atoms with Gasteiger partial charge in [0.05, 0.1) is 24.4 Å². The molecular formula is C11H16O3. The quantitative estimate of drug-likeness (QED) is 0.799. The van der Waals surface area contributed by atoms with Gasteiger partial charge in [0.25, 0.3) is 0 Å². The first kappa shape index (κ1) is 9.74. The average Bonchev–Trinajstić information content (AvgIpc) is 2.83. The third kappa shape index (κ3) is 1.37. The summed E-state index contributed by atoms with van der Waals surface area (Å²) >= 11 is 0. The van der Waals surface area contributed by atoms with Gasteiger partial charge < -0.3 is 14.3 Å². The maximum Gasteiger partial charge on any atom is 0.117 e. The van der Waals surface area contributed by atoms with E-state index in [1.807, 2.05) is 13.0 Å². The monoisotopic (exact) mass is 196 g/mol. The minimum atomic E-state index is -0.343. The Balaban J connectivity index is 2.27. The second-order valence-corrected chi connectivity index (χ2v) is 4.04. The van der Waals surface area contributed by atoms with Gasteiger partial charge >= 0.3 is 0 Å². The Hall–Kier alpha value is -0.800. The van der Waals surface area contributed by atoms with Crippen LogP contribution < -0.4 is 0 Å². The van der Waals surface area contributed by atoms with Crippen LogP contribution in [0.15, 0.2) is 16.7 Å². The molecule has 0 aliphatic heterocycles. The van der Waals surface area contributed by atoms with E-state index in [1.54, 1.807) is 13.4 Å². The molecule has 1 aromatic heterocycles. The smallest absolute Gasteiger partial charge is 0.117 e. The van der Waals surface area contributed by atoms with E-state index < -0.39 is 0 Å². The molecule has 0 aromatic carbocycles. The van der Waals surface area contributed by atoms with Crippen LogP contribution in [-0.4, -0.2) is 18.3 Å². The Kier molecular flexibility index (Phi) is 2.37. The number of ether oxygens (including phenoxy) is 1. The van der Waals surface area contributed by atoms with Gasteiger partial charge in [-0.2, -0.15) is 0 Å². The lowest BCUT2D eigenvalue weighted by Crippen LogP contribution is -2.23. The summed E-state index contributed by atoms with van der Waals surface area (Å²) in [6, 6.07) is 1.92. The highest BCUT2D eigenvalue weighted by molar-refractivity contribution is 5.31. The summed E-state index contributed by atoms with van der Waals surface area (Å²) in [7, 11) is 1.67. The van der Waals surface area contributed by atoms with Crippen LogP contribution in [0.2, 0.25) is 0 Å². The molecule has 3 nitrogen and oxygen atoms in total. The molecule has 3 heteroatoms. The largest absolute Gasteiger partial charge is 0.468 e. The first-order valence-corrected chi connectivity index (χ1v) is 4.94. The molecule has 0 spiro atoms. The van der Waals surface area contributed by atoms with Crippen molar-refractivity contribution in [3.63, 3.8) is 0 Å². The second-order valence-electron chi connectivity index (χ2n) is 4.04. The van der Waals surface area contributed by atoms with Crippen LogP contribution in [0.1, 0.15) is 31.1 Å². The van der Waals surface area contributed by atoms with E-state index in [2.05, 4.69) is 0 Å². The molecule has 0 bridgehead atoms. The summed E-state index contributed by atoms with van der Waals surface area (Å²) < 4.78 is 10.6. The lowest BCUT2D eigenvalue weighted by atomic mass is 9.94. The highest BCUT2D eigenvalue weighted by Gasteiger charge is 2.52. The summed E-state index contributed by atoms with van der Waals surface area (Å²) in [5, 5.41) is 9.71. The number of methoxy groups -OCH3 is 1. The molecule has 78 valence electrons. The SMILES string of the molecule is COCc1ccoc1C1(C(C)O)CC1. The van der Waals surface area contributed by atoms with Crippen molar-refractivity contribution in [3.8, 4) is 0 Å². The number of aliphatic hydroxyl groups excluding tert-OH is 1. The fraction of sp³-hybridized carbons (Fsp3) is 0.636. The number of hydrogen-bond donors (Lipinski definition) is 1. The summed E-state index contributed by atoms with van der Waals surface area (Å²) in [6.45, 7) is 2.38. The molecule has 1 aromatic rings. The zero-order chi connectivity index (χ0) is 10.2. The van der Waals surface area contributed by atoms with Gasteiger partial charge in [0.1, 0.15) is 5.76 Å². The van der Waals surface area contributed by atoms with Gasteiger partial charge in [0, 0.05) is 12.7 Å². The molecule has 1 aliphatic rings. The van der Waals surface area contributed by atoms with E-state index in [9.17, 15) is 5.11 Å². The number of aliphatic hydroxyl groups is 1. The topological polar surface area (TPSA) is 42.6 Å². The first-order valence-electron chi connectivity index (χ1n) is 4.94. The molecule has 0 amide bonds. The van der Waals surface area contributed by atoms with Crippen molar-refractivity contribution >= 4 is 0 Å². The minimum absolute atomic E-state index is 0.128. The molecule has 0 saturated heterocycles. The predicted molar refractivity (Wildman–Crippen MR) is 52.0 cm³/mol. The Labute approximate surface area is 83.7 Å². The maximum atomic E-state index is 9.71. The molecule has 1 fully saturated rings. The number of rotatable bonds is 4. The van der Waals surface area contributed by atoms with Gasteiger partial charge in [-0.05, 0) is 25.8 Å². The Morgan fingerprint density at radius 2 is 2.36 bits per heavy atom. The Morgan fingerprint density at radius 1 is 1.64 bits per heavy atom. The van der Waals surface area contributed by atoms with Crippen LogP contribution in [0.25, 0.3) is 0 Å². The van der Waals surface area contributed by atoms with Crippen LogP contribution >= 0.6 is 0 Å². The highest BCUT2D eigenvalue weighted by atomic mass is 16.5. The van der Waals surface area contributed by atoms with Gasteiger partial charge in [0.15, 0.2) is 0 Å². The van der Waals surface area contributed by atoms with E-state index in [0.29, 0.717) is 6.61 Å². The third-order valence-corrected chi connectivity index (χ3v) is 3.09. The van der Waals surface area contributed by atoms with Crippen molar-refractivity contribution in [2.24, 2.45) is 0 Å². The summed E-state index contributed by atoms with van der Waals surface area (Å²) in [5.74, 6) is 0.911. The van der Waals surface area contributed by atoms with Crippen molar-refractivity contribution < 1.29 is 14.3 Å². The molecule has 1 heterocycles. The third-order valence-electron chi connectivity index (χ3n) is 3.09. The van der Waals surface area contributed by atoms with Gasteiger partial charge in [0.2, 0.25) is 0 Å². The number of hydrogen-bond acceptors (Lipinski definition) is 3. The molecule has 2 rings (SSSR count). The van der Waals surface area contributed by atoms with Gasteiger partial charge in [-0.3, -0.25) is 0 Å². The average molecular weight is 196 g/mol. The summed E-state index contributed by atoms with van der Waals surface area (Å²) in [6.07, 6.45) is 3.35. The van der Waals surface area contributed by atoms with Gasteiger partial charge in [-0.15, -0.1) is 0 Å². The van der Waals surface area contributed by atoms with Crippen LogP contribution in [0, 0.1) is 0 Å². The van der Waals surface area contributed by atoms with E-state index >= 15 is 0 Å². The molecule has 0 radical (unpaired) electrons. The van der Waals surface area contributed by atoms with Crippen molar-refractivity contribution in [2.45, 2.75) is 37.9 Å². The highest BCUT2D eigenvalue weighted by Crippen LogP contribution is 2.52. The fourth-order valence-electron chi connectivity index (χ4n) is 2.01. The minimum Gasteiger partial charge on any atom is -0.468 e. The van der Waals surface area contributed by atoms with Crippen LogP contribution in [-0.2, 0) is 16.8 Å². The lowest BCUT2D eigenvalue weighted by molar-refractivity contribution is 0.133. The van der Waals surface area contributed by atoms with Gasteiger partial charge in [-0.1, -0.05) is 0 Å². The van der Waals surface area contributed by atoms with E-state index in [1.165, 1.54) is 0 Å². The predicted octanol–water partition coefficient (Wildman–Crippen LogP) is 1.84. The van der Waals surface area contributed by atoms with E-state index in [0.717, 1.165) is 24.2 Å². The Bertz CT molecular complexity index is 310. The fourth-order valence-corrected chi connectivity index (χ4v) is 2.01. The van der Waals surface area contributed by atoms with Gasteiger partial charge in [-0.25, -0.2) is 0 Å². The van der Waals surface area contributed by atoms with Crippen molar-refractivity contribution in [2.75, 3.05) is 7.11 Å². The molecule has 1 aliphatic carbocycles. The van der Waals surface area contributed by atoms with Crippen molar-refractivity contribution in [1.82, 2.24) is 0 Å².